The van der Waals surface area contributed by atoms with E-state index in [9.17, 15) is 20.0 Å². The van der Waals surface area contributed by atoms with Crippen LogP contribution in [-0.2, 0) is 10.3 Å². The molecule has 1 aliphatic rings. The van der Waals surface area contributed by atoms with E-state index in [0.29, 0.717) is 18.4 Å². The summed E-state index contributed by atoms with van der Waals surface area (Å²) in [5.41, 5.74) is -0.607. The van der Waals surface area contributed by atoms with Gasteiger partial charge >= 0.3 is 0 Å². The van der Waals surface area contributed by atoms with Crippen molar-refractivity contribution >= 4 is 11.8 Å². The third kappa shape index (κ3) is 1.79. The SMILES string of the molecule is O=C=NC1(c2cc([N+](=O)[O-])ccc2O)CCC1. The second kappa shape index (κ2) is 3.99. The molecule has 0 heterocycles. The molecule has 88 valence electrons. The fraction of sp³-hybridized carbons (Fsp3) is 0.364. The van der Waals surface area contributed by atoms with Gasteiger partial charge in [0.15, 0.2) is 0 Å². The highest BCUT2D eigenvalue weighted by Crippen LogP contribution is 2.48. The lowest BCUT2D eigenvalue weighted by atomic mass is 9.72. The zero-order chi connectivity index (χ0) is 12.5. The maximum Gasteiger partial charge on any atom is 0.270 e. The van der Waals surface area contributed by atoms with Crippen LogP contribution < -0.4 is 0 Å². The molecule has 0 bridgehead atoms. The summed E-state index contributed by atoms with van der Waals surface area (Å²) in [6.07, 6.45) is 3.54. The Morgan fingerprint density at radius 2 is 2.18 bits per heavy atom. The van der Waals surface area contributed by atoms with Crippen molar-refractivity contribution in [2.24, 2.45) is 4.99 Å². The van der Waals surface area contributed by atoms with Crippen molar-refractivity contribution in [1.29, 1.82) is 0 Å². The normalized spacial score (nSPS) is 16.7. The standard InChI is InChI=1S/C11H10N2O4/c14-7-12-11(4-1-5-11)9-6-8(13(16)17)2-3-10(9)15/h2-3,6,15H,1,4-5H2. The van der Waals surface area contributed by atoms with E-state index in [1.165, 1.54) is 24.3 Å². The van der Waals surface area contributed by atoms with E-state index in [0.717, 1.165) is 6.42 Å². The van der Waals surface area contributed by atoms with Crippen LogP contribution >= 0.6 is 0 Å². The first-order valence-corrected chi connectivity index (χ1v) is 5.16. The zero-order valence-electron chi connectivity index (χ0n) is 8.92. The number of rotatable bonds is 3. The van der Waals surface area contributed by atoms with Crippen molar-refractivity contribution in [3.05, 3.63) is 33.9 Å². The molecule has 0 saturated heterocycles. The van der Waals surface area contributed by atoms with Gasteiger partial charge in [-0.1, -0.05) is 0 Å². The van der Waals surface area contributed by atoms with Gasteiger partial charge in [-0.15, -0.1) is 0 Å². The van der Waals surface area contributed by atoms with Gasteiger partial charge in [-0.05, 0) is 25.3 Å². The van der Waals surface area contributed by atoms with Gasteiger partial charge in [-0.25, -0.2) is 4.79 Å². The molecule has 2 rings (SSSR count). The molecule has 0 atom stereocenters. The predicted molar refractivity (Wildman–Crippen MR) is 58.4 cm³/mol. The lowest BCUT2D eigenvalue weighted by Gasteiger charge is -2.37. The molecule has 6 heteroatoms. The summed E-state index contributed by atoms with van der Waals surface area (Å²) in [4.78, 5) is 24.2. The Hall–Kier alpha value is -2.20. The van der Waals surface area contributed by atoms with Crippen LogP contribution in [0.4, 0.5) is 5.69 Å². The van der Waals surface area contributed by atoms with Crippen LogP contribution in [0.1, 0.15) is 24.8 Å². The fourth-order valence-corrected chi connectivity index (χ4v) is 2.05. The summed E-state index contributed by atoms with van der Waals surface area (Å²) >= 11 is 0. The van der Waals surface area contributed by atoms with Crippen molar-refractivity contribution in [2.75, 3.05) is 0 Å². The Kier molecular flexibility index (Phi) is 2.65. The summed E-state index contributed by atoms with van der Waals surface area (Å²) in [6.45, 7) is 0. The topological polar surface area (TPSA) is 92.8 Å². The number of non-ortho nitro benzene ring substituents is 1. The third-order valence-corrected chi connectivity index (χ3v) is 3.13. The van der Waals surface area contributed by atoms with Gasteiger partial charge in [0.1, 0.15) is 11.3 Å². The first-order valence-electron chi connectivity index (χ1n) is 5.16. The van der Waals surface area contributed by atoms with E-state index in [1.807, 2.05) is 0 Å². The van der Waals surface area contributed by atoms with Gasteiger partial charge in [0.25, 0.3) is 5.69 Å². The first kappa shape index (κ1) is 11.3. The number of isocyanates is 1. The van der Waals surface area contributed by atoms with Crippen LogP contribution in [0.3, 0.4) is 0 Å². The highest BCUT2D eigenvalue weighted by molar-refractivity contribution is 5.50. The quantitative estimate of drug-likeness (QED) is 0.374. The number of hydrogen-bond donors (Lipinski definition) is 1. The van der Waals surface area contributed by atoms with Crippen LogP contribution in [0.15, 0.2) is 23.2 Å². The van der Waals surface area contributed by atoms with E-state index >= 15 is 0 Å². The van der Waals surface area contributed by atoms with Crippen LogP contribution in [0.5, 0.6) is 5.75 Å². The largest absolute Gasteiger partial charge is 0.508 e. The molecule has 1 fully saturated rings. The van der Waals surface area contributed by atoms with E-state index in [4.69, 9.17) is 0 Å². The minimum absolute atomic E-state index is 0.0747. The van der Waals surface area contributed by atoms with Crippen LogP contribution in [0.25, 0.3) is 0 Å². The molecule has 17 heavy (non-hydrogen) atoms. The van der Waals surface area contributed by atoms with Crippen LogP contribution in [0.2, 0.25) is 0 Å². The minimum atomic E-state index is -0.822. The van der Waals surface area contributed by atoms with Gasteiger partial charge in [0.05, 0.1) is 4.92 Å². The molecule has 0 spiro atoms. The second-order valence-electron chi connectivity index (χ2n) is 4.05. The number of aromatic hydroxyl groups is 1. The predicted octanol–water partition coefficient (Wildman–Crippen LogP) is 2.02. The molecule has 0 aliphatic heterocycles. The molecular weight excluding hydrogens is 224 g/mol. The highest BCUT2D eigenvalue weighted by Gasteiger charge is 2.41. The molecular formula is C11H10N2O4. The molecule has 0 aromatic heterocycles. The Balaban J connectivity index is 2.53. The lowest BCUT2D eigenvalue weighted by Crippen LogP contribution is -2.32. The summed E-state index contributed by atoms with van der Waals surface area (Å²) in [5, 5.41) is 20.4. The third-order valence-electron chi connectivity index (χ3n) is 3.13. The number of nitrogens with zero attached hydrogens (tertiary/aromatic N) is 2. The van der Waals surface area contributed by atoms with Crippen LogP contribution in [0, 0.1) is 10.1 Å². The van der Waals surface area contributed by atoms with Crippen molar-refractivity contribution in [2.45, 2.75) is 24.8 Å². The monoisotopic (exact) mass is 234 g/mol. The lowest BCUT2D eigenvalue weighted by molar-refractivity contribution is -0.385. The Bertz CT molecular complexity index is 516. The molecule has 1 aromatic carbocycles. The Labute approximate surface area is 96.8 Å². The number of aliphatic imine (C=N–C) groups is 1. The molecule has 1 aromatic rings. The minimum Gasteiger partial charge on any atom is -0.508 e. The Morgan fingerprint density at radius 3 is 2.65 bits per heavy atom. The second-order valence-corrected chi connectivity index (χ2v) is 4.05. The average molecular weight is 234 g/mol. The van der Waals surface area contributed by atoms with Crippen molar-refractivity contribution < 1.29 is 14.8 Å². The molecule has 1 N–H and O–H groups in total. The number of phenols is 1. The number of hydrogen-bond acceptors (Lipinski definition) is 5. The van der Waals surface area contributed by atoms with E-state index < -0.39 is 10.5 Å². The smallest absolute Gasteiger partial charge is 0.270 e. The average Bonchev–Trinajstić information content (AvgIpc) is 2.24. The summed E-state index contributed by atoms with van der Waals surface area (Å²) < 4.78 is 0. The summed E-state index contributed by atoms with van der Waals surface area (Å²) in [7, 11) is 0. The molecule has 6 nitrogen and oxygen atoms in total. The molecule has 0 radical (unpaired) electrons. The Morgan fingerprint density at radius 1 is 1.47 bits per heavy atom. The molecule has 1 saturated carbocycles. The zero-order valence-corrected chi connectivity index (χ0v) is 8.92. The maximum absolute atomic E-state index is 10.7. The van der Waals surface area contributed by atoms with Gasteiger partial charge in [0.2, 0.25) is 6.08 Å². The number of nitro groups is 1. The number of benzene rings is 1. The first-order chi connectivity index (χ1) is 8.09. The fourth-order valence-electron chi connectivity index (χ4n) is 2.05. The van der Waals surface area contributed by atoms with Crippen molar-refractivity contribution in [3.8, 4) is 5.75 Å². The van der Waals surface area contributed by atoms with Gasteiger partial charge in [-0.2, -0.15) is 4.99 Å². The highest BCUT2D eigenvalue weighted by atomic mass is 16.6. The van der Waals surface area contributed by atoms with Crippen molar-refractivity contribution in [3.63, 3.8) is 0 Å². The molecule has 1 aliphatic carbocycles. The van der Waals surface area contributed by atoms with Gasteiger partial charge in [-0.3, -0.25) is 10.1 Å². The van der Waals surface area contributed by atoms with Gasteiger partial charge in [0, 0.05) is 17.7 Å². The molecule has 0 amide bonds. The van der Waals surface area contributed by atoms with E-state index in [-0.39, 0.29) is 11.4 Å². The van der Waals surface area contributed by atoms with Gasteiger partial charge < -0.3 is 5.11 Å². The van der Waals surface area contributed by atoms with Crippen molar-refractivity contribution in [1.82, 2.24) is 0 Å². The van der Waals surface area contributed by atoms with E-state index in [1.54, 1.807) is 0 Å². The summed E-state index contributed by atoms with van der Waals surface area (Å²) in [5.74, 6) is -0.0747. The maximum atomic E-state index is 10.7. The molecule has 0 unspecified atom stereocenters. The number of nitro benzene ring substituents is 1. The number of phenolic OH excluding ortho intramolecular Hbond substituents is 1. The van der Waals surface area contributed by atoms with E-state index in [2.05, 4.69) is 4.99 Å². The number of carbonyl (C=O) groups excluding carboxylic acids is 1. The summed E-state index contributed by atoms with van der Waals surface area (Å²) in [6, 6.07) is 3.75. The van der Waals surface area contributed by atoms with Crippen LogP contribution in [-0.4, -0.2) is 16.1 Å².